The molecule has 0 radical (unpaired) electrons. The van der Waals surface area contributed by atoms with Crippen LogP contribution in [0.25, 0.3) is 11.3 Å². The van der Waals surface area contributed by atoms with E-state index in [1.807, 2.05) is 6.07 Å². The highest BCUT2D eigenvalue weighted by Gasteiger charge is 2.21. The fraction of sp³-hybridized carbons (Fsp3) is 0.250. The van der Waals surface area contributed by atoms with Crippen molar-refractivity contribution < 1.29 is 9.59 Å². The Morgan fingerprint density at radius 3 is 2.62 bits per heavy atom. The monoisotopic (exact) mass is 456 g/mol. The van der Waals surface area contributed by atoms with Crippen LogP contribution < -0.4 is 21.3 Å². The minimum atomic E-state index is -0.196. The number of carbonyl (C=O) groups excluding carboxylic acids is 2. The molecule has 10 nitrogen and oxygen atoms in total. The van der Waals surface area contributed by atoms with Crippen molar-refractivity contribution in [3.05, 3.63) is 54.4 Å². The number of pyridine rings is 1. The summed E-state index contributed by atoms with van der Waals surface area (Å²) in [6, 6.07) is 12.6. The van der Waals surface area contributed by atoms with E-state index in [9.17, 15) is 14.9 Å². The van der Waals surface area contributed by atoms with Gasteiger partial charge in [-0.3, -0.25) is 9.59 Å². The molecule has 0 saturated carbocycles. The van der Waals surface area contributed by atoms with E-state index in [2.05, 4.69) is 42.3 Å². The number of benzene rings is 1. The molecule has 2 aromatic heterocycles. The molecule has 1 fully saturated rings. The van der Waals surface area contributed by atoms with E-state index in [-0.39, 0.29) is 17.7 Å². The lowest BCUT2D eigenvalue weighted by Crippen LogP contribution is -2.34. The molecule has 0 unspecified atom stereocenters. The normalized spacial score (nSPS) is 13.5. The summed E-state index contributed by atoms with van der Waals surface area (Å²) in [6.07, 6.45) is 4.75. The maximum atomic E-state index is 12.6. The fourth-order valence-electron chi connectivity index (χ4n) is 3.65. The Balaban J connectivity index is 1.48. The van der Waals surface area contributed by atoms with Crippen molar-refractivity contribution in [3.8, 4) is 17.3 Å². The van der Waals surface area contributed by atoms with Crippen molar-refractivity contribution >= 4 is 35.0 Å². The maximum Gasteiger partial charge on any atom is 0.227 e. The summed E-state index contributed by atoms with van der Waals surface area (Å²) in [4.78, 5) is 36.6. The van der Waals surface area contributed by atoms with Gasteiger partial charge in [0.15, 0.2) is 0 Å². The van der Waals surface area contributed by atoms with Gasteiger partial charge in [0.05, 0.1) is 28.8 Å². The molecule has 0 aliphatic carbocycles. The third kappa shape index (κ3) is 5.70. The predicted octanol–water partition coefficient (Wildman–Crippen LogP) is 3.05. The van der Waals surface area contributed by atoms with E-state index in [4.69, 9.17) is 0 Å². The number of rotatable bonds is 6. The molecule has 0 spiro atoms. The second-order valence-corrected chi connectivity index (χ2v) is 7.89. The zero-order valence-electron chi connectivity index (χ0n) is 18.6. The van der Waals surface area contributed by atoms with Gasteiger partial charge in [-0.2, -0.15) is 5.26 Å². The van der Waals surface area contributed by atoms with Crippen molar-refractivity contribution in [1.29, 1.82) is 5.26 Å². The standard InChI is InChI=1S/C24H24N8O2/c1-15(33)29-22-5-3-19(14-28-22)30-24-27-11-8-21(32-24)17-2-4-20(18(12-17)13-25)31-23(34)16-6-9-26-10-7-16/h2-5,8,11-12,14,16,26H,6-7,9-10H2,1H3,(H,31,34)(H,27,30,32)(H,28,29,33). The molecule has 34 heavy (non-hydrogen) atoms. The van der Waals surface area contributed by atoms with Crippen LogP contribution in [0, 0.1) is 17.2 Å². The number of piperidine rings is 1. The summed E-state index contributed by atoms with van der Waals surface area (Å²) in [6.45, 7) is 3.06. The number of amides is 2. The van der Waals surface area contributed by atoms with Crippen LogP contribution in [-0.2, 0) is 9.59 Å². The minimum Gasteiger partial charge on any atom is -0.325 e. The molecule has 1 saturated heterocycles. The van der Waals surface area contributed by atoms with Gasteiger partial charge in [0, 0.05) is 24.6 Å². The number of nitrogens with zero attached hydrogens (tertiary/aromatic N) is 4. The van der Waals surface area contributed by atoms with Crippen molar-refractivity contribution in [2.75, 3.05) is 29.0 Å². The number of nitriles is 1. The number of hydrogen-bond donors (Lipinski definition) is 4. The highest BCUT2D eigenvalue weighted by molar-refractivity contribution is 5.94. The van der Waals surface area contributed by atoms with E-state index in [1.165, 1.54) is 6.92 Å². The third-order valence-corrected chi connectivity index (χ3v) is 5.38. The van der Waals surface area contributed by atoms with Gasteiger partial charge >= 0.3 is 0 Å². The number of aromatic nitrogens is 3. The summed E-state index contributed by atoms with van der Waals surface area (Å²) in [5.41, 5.74) is 2.85. The molecule has 3 aromatic rings. The maximum absolute atomic E-state index is 12.6. The van der Waals surface area contributed by atoms with Crippen molar-refractivity contribution in [1.82, 2.24) is 20.3 Å². The lowest BCUT2D eigenvalue weighted by molar-refractivity contribution is -0.120. The first-order valence-corrected chi connectivity index (χ1v) is 10.9. The van der Waals surface area contributed by atoms with Crippen molar-refractivity contribution in [3.63, 3.8) is 0 Å². The van der Waals surface area contributed by atoms with Gasteiger partial charge in [0.1, 0.15) is 11.9 Å². The third-order valence-electron chi connectivity index (χ3n) is 5.38. The molecule has 4 rings (SSSR count). The molecule has 4 N–H and O–H groups in total. The van der Waals surface area contributed by atoms with Crippen LogP contribution in [0.2, 0.25) is 0 Å². The van der Waals surface area contributed by atoms with Crippen LogP contribution in [0.15, 0.2) is 48.8 Å². The molecule has 1 aliphatic rings. The Hall–Kier alpha value is -4.36. The molecular formula is C24H24N8O2. The fourth-order valence-corrected chi connectivity index (χ4v) is 3.65. The van der Waals surface area contributed by atoms with E-state index >= 15 is 0 Å². The van der Waals surface area contributed by atoms with Crippen LogP contribution in [0.3, 0.4) is 0 Å². The highest BCUT2D eigenvalue weighted by Crippen LogP contribution is 2.26. The van der Waals surface area contributed by atoms with Crippen LogP contribution in [0.1, 0.15) is 25.3 Å². The lowest BCUT2D eigenvalue weighted by atomic mass is 9.97. The zero-order valence-corrected chi connectivity index (χ0v) is 18.6. The van der Waals surface area contributed by atoms with Gasteiger partial charge in [0.2, 0.25) is 17.8 Å². The molecule has 172 valence electrons. The van der Waals surface area contributed by atoms with E-state index < -0.39 is 0 Å². The van der Waals surface area contributed by atoms with Gasteiger partial charge in [-0.25, -0.2) is 15.0 Å². The molecular weight excluding hydrogens is 432 g/mol. The Bertz CT molecular complexity index is 1230. The first kappa shape index (κ1) is 22.8. The van der Waals surface area contributed by atoms with Gasteiger partial charge in [-0.15, -0.1) is 0 Å². The molecule has 1 aromatic carbocycles. The first-order valence-electron chi connectivity index (χ1n) is 10.9. The van der Waals surface area contributed by atoms with Gasteiger partial charge in [0.25, 0.3) is 0 Å². The van der Waals surface area contributed by atoms with Crippen LogP contribution in [0.4, 0.5) is 23.1 Å². The lowest BCUT2D eigenvalue weighted by Gasteiger charge is -2.22. The van der Waals surface area contributed by atoms with E-state index in [0.29, 0.717) is 34.4 Å². The molecule has 1 aliphatic heterocycles. The van der Waals surface area contributed by atoms with Crippen LogP contribution in [0.5, 0.6) is 0 Å². The number of anilines is 4. The van der Waals surface area contributed by atoms with E-state index in [0.717, 1.165) is 31.5 Å². The SMILES string of the molecule is CC(=O)Nc1ccc(Nc2nccc(-c3ccc(NC(=O)C4CCNCC4)c(C#N)c3)n2)cn1. The highest BCUT2D eigenvalue weighted by atomic mass is 16.2. The van der Waals surface area contributed by atoms with Gasteiger partial charge in [-0.1, -0.05) is 6.07 Å². The number of nitrogens with one attached hydrogen (secondary N) is 4. The van der Waals surface area contributed by atoms with E-state index in [1.54, 1.807) is 42.7 Å². The second-order valence-electron chi connectivity index (χ2n) is 7.89. The quantitative estimate of drug-likeness (QED) is 0.443. The molecule has 3 heterocycles. The summed E-state index contributed by atoms with van der Waals surface area (Å²) in [7, 11) is 0. The number of hydrogen-bond acceptors (Lipinski definition) is 8. The molecule has 10 heteroatoms. The molecule has 2 amide bonds. The Labute approximate surface area is 196 Å². The largest absolute Gasteiger partial charge is 0.325 e. The van der Waals surface area contributed by atoms with Crippen LogP contribution >= 0.6 is 0 Å². The van der Waals surface area contributed by atoms with Crippen molar-refractivity contribution in [2.45, 2.75) is 19.8 Å². The summed E-state index contributed by atoms with van der Waals surface area (Å²) in [5.74, 6) is 0.498. The Kier molecular flexibility index (Phi) is 7.05. The average Bonchev–Trinajstić information content (AvgIpc) is 2.86. The summed E-state index contributed by atoms with van der Waals surface area (Å²) in [5, 5.41) is 21.5. The molecule has 0 bridgehead atoms. The van der Waals surface area contributed by atoms with Crippen LogP contribution in [-0.4, -0.2) is 39.9 Å². The topological polar surface area (TPSA) is 145 Å². The summed E-state index contributed by atoms with van der Waals surface area (Å²) >= 11 is 0. The minimum absolute atomic E-state index is 0.0511. The second kappa shape index (κ2) is 10.5. The molecule has 0 atom stereocenters. The summed E-state index contributed by atoms with van der Waals surface area (Å²) < 4.78 is 0. The number of carbonyl (C=O) groups is 2. The van der Waals surface area contributed by atoms with Gasteiger partial charge < -0.3 is 21.3 Å². The predicted molar refractivity (Wildman–Crippen MR) is 128 cm³/mol. The average molecular weight is 457 g/mol. The first-order chi connectivity index (χ1) is 16.5. The Morgan fingerprint density at radius 2 is 1.91 bits per heavy atom. The Morgan fingerprint density at radius 1 is 1.09 bits per heavy atom. The van der Waals surface area contributed by atoms with Crippen molar-refractivity contribution in [2.24, 2.45) is 5.92 Å². The smallest absolute Gasteiger partial charge is 0.227 e. The van der Waals surface area contributed by atoms with Gasteiger partial charge in [-0.05, 0) is 56.3 Å². The zero-order chi connectivity index (χ0) is 23.9.